The van der Waals surface area contributed by atoms with Gasteiger partial charge in [-0.05, 0) is 31.6 Å². The molecule has 0 unspecified atom stereocenters. The van der Waals surface area contributed by atoms with Crippen molar-refractivity contribution >= 4 is 17.7 Å². The maximum atomic E-state index is 10.9. The van der Waals surface area contributed by atoms with E-state index in [1.54, 1.807) is 0 Å². The zero-order chi connectivity index (χ0) is 11.6. The molecule has 2 rings (SSSR count). The zero-order valence-electron chi connectivity index (χ0n) is 9.87. The summed E-state index contributed by atoms with van der Waals surface area (Å²) in [6.45, 7) is 2.24. The van der Waals surface area contributed by atoms with Gasteiger partial charge in [0.15, 0.2) is 0 Å². The van der Waals surface area contributed by atoms with E-state index in [1.165, 1.54) is 25.7 Å². The molecule has 1 aliphatic heterocycles. The van der Waals surface area contributed by atoms with Crippen molar-refractivity contribution in [2.75, 3.05) is 5.75 Å². The lowest BCUT2D eigenvalue weighted by atomic mass is 9.83. The highest BCUT2D eigenvalue weighted by molar-refractivity contribution is 8.00. The molecule has 3 nitrogen and oxygen atoms in total. The van der Waals surface area contributed by atoms with Crippen LogP contribution in [0.2, 0.25) is 0 Å². The molecule has 0 aromatic rings. The molecule has 2 N–H and O–H groups in total. The molecule has 92 valence electrons. The number of carboxylic acid groups (broad SMARTS) is 1. The molecule has 2 aliphatic rings. The van der Waals surface area contributed by atoms with Gasteiger partial charge < -0.3 is 5.11 Å². The summed E-state index contributed by atoms with van der Waals surface area (Å²) in [5, 5.41) is 12.3. The highest BCUT2D eigenvalue weighted by atomic mass is 32.2. The van der Waals surface area contributed by atoms with Crippen LogP contribution in [0.1, 0.15) is 45.4 Å². The Bertz CT molecular complexity index is 262. The summed E-state index contributed by atoms with van der Waals surface area (Å²) in [4.78, 5) is 11.0. The molecule has 4 heteroatoms. The molecule has 1 heterocycles. The van der Waals surface area contributed by atoms with Crippen LogP contribution >= 0.6 is 11.8 Å². The minimum atomic E-state index is -0.694. The predicted molar refractivity (Wildman–Crippen MR) is 66.6 cm³/mol. The Morgan fingerprint density at radius 3 is 2.69 bits per heavy atom. The molecule has 2 fully saturated rings. The van der Waals surface area contributed by atoms with Crippen LogP contribution in [-0.4, -0.2) is 27.7 Å². The monoisotopic (exact) mass is 243 g/mol. The van der Waals surface area contributed by atoms with Gasteiger partial charge >= 0.3 is 5.97 Å². The van der Waals surface area contributed by atoms with Crippen LogP contribution in [0, 0.1) is 5.92 Å². The minimum Gasteiger partial charge on any atom is -0.480 e. The van der Waals surface area contributed by atoms with E-state index < -0.39 is 5.97 Å². The van der Waals surface area contributed by atoms with Gasteiger partial charge in [0, 0.05) is 5.75 Å². The maximum Gasteiger partial charge on any atom is 0.321 e. The van der Waals surface area contributed by atoms with Gasteiger partial charge in [0.1, 0.15) is 6.04 Å². The smallest absolute Gasteiger partial charge is 0.321 e. The van der Waals surface area contributed by atoms with Crippen molar-refractivity contribution in [2.45, 2.75) is 56.4 Å². The first-order chi connectivity index (χ1) is 7.65. The largest absolute Gasteiger partial charge is 0.480 e. The van der Waals surface area contributed by atoms with Gasteiger partial charge in [-0.3, -0.25) is 10.1 Å². The molecular formula is C12H21NO2S. The topological polar surface area (TPSA) is 49.3 Å². The summed E-state index contributed by atoms with van der Waals surface area (Å²) in [5.74, 6) is 0.912. The molecule has 0 amide bonds. The number of hydrogen-bond donors (Lipinski definition) is 2. The molecule has 1 saturated carbocycles. The van der Waals surface area contributed by atoms with Gasteiger partial charge in [-0.2, -0.15) is 0 Å². The van der Waals surface area contributed by atoms with E-state index in [4.69, 9.17) is 5.11 Å². The summed E-state index contributed by atoms with van der Waals surface area (Å²) in [5.41, 5.74) is 0. The quantitative estimate of drug-likeness (QED) is 0.799. The van der Waals surface area contributed by atoms with E-state index in [-0.39, 0.29) is 10.9 Å². The number of carboxylic acids is 1. The van der Waals surface area contributed by atoms with E-state index in [1.807, 2.05) is 11.8 Å². The first-order valence-corrected chi connectivity index (χ1v) is 7.28. The van der Waals surface area contributed by atoms with Gasteiger partial charge in [-0.15, -0.1) is 11.8 Å². The Morgan fingerprint density at radius 2 is 2.19 bits per heavy atom. The predicted octanol–water partition coefficient (Wildman–Crippen LogP) is 2.46. The number of aliphatic carboxylic acids is 1. The van der Waals surface area contributed by atoms with Gasteiger partial charge in [0.25, 0.3) is 0 Å². The zero-order valence-corrected chi connectivity index (χ0v) is 10.7. The highest BCUT2D eigenvalue weighted by Gasteiger charge is 2.43. The number of rotatable bonds is 3. The Labute approximate surface area is 101 Å². The minimum absolute atomic E-state index is 0.0906. The van der Waals surface area contributed by atoms with E-state index >= 15 is 0 Å². The van der Waals surface area contributed by atoms with E-state index in [0.29, 0.717) is 0 Å². The van der Waals surface area contributed by atoms with E-state index in [9.17, 15) is 4.79 Å². The second-order valence-electron chi connectivity index (χ2n) is 5.07. The van der Waals surface area contributed by atoms with Gasteiger partial charge in [-0.25, -0.2) is 0 Å². The highest BCUT2D eigenvalue weighted by Crippen LogP contribution is 2.44. The Kier molecular flexibility index (Phi) is 3.80. The third-order valence-corrected chi connectivity index (χ3v) is 5.45. The molecule has 1 atom stereocenters. The molecule has 1 spiro atoms. The first-order valence-electron chi connectivity index (χ1n) is 6.30. The van der Waals surface area contributed by atoms with Crippen LogP contribution in [0.15, 0.2) is 0 Å². The summed E-state index contributed by atoms with van der Waals surface area (Å²) in [6, 6.07) is -0.326. The van der Waals surface area contributed by atoms with E-state index in [0.717, 1.165) is 24.5 Å². The summed E-state index contributed by atoms with van der Waals surface area (Å²) in [7, 11) is 0. The second kappa shape index (κ2) is 4.96. The van der Waals surface area contributed by atoms with Crippen LogP contribution in [0.5, 0.6) is 0 Å². The molecule has 1 aliphatic carbocycles. The maximum absolute atomic E-state index is 10.9. The molecule has 0 radical (unpaired) electrons. The van der Waals surface area contributed by atoms with Crippen LogP contribution in [0.3, 0.4) is 0 Å². The average molecular weight is 243 g/mol. The summed E-state index contributed by atoms with van der Waals surface area (Å²) in [6.07, 6.45) is 7.43. The average Bonchev–Trinajstić information content (AvgIpc) is 2.67. The van der Waals surface area contributed by atoms with Gasteiger partial charge in [-0.1, -0.05) is 19.8 Å². The summed E-state index contributed by atoms with van der Waals surface area (Å²) >= 11 is 1.83. The SMILES string of the molecule is CCCC1CCC2(CC1)N[C@H](C(=O)O)CS2. The van der Waals surface area contributed by atoms with Crippen molar-refractivity contribution < 1.29 is 9.90 Å². The Hall–Kier alpha value is -0.220. The second-order valence-corrected chi connectivity index (χ2v) is 6.48. The Morgan fingerprint density at radius 1 is 1.50 bits per heavy atom. The summed E-state index contributed by atoms with van der Waals surface area (Å²) < 4.78 is 0. The van der Waals surface area contributed by atoms with Crippen molar-refractivity contribution in [3.63, 3.8) is 0 Å². The lowest BCUT2D eigenvalue weighted by Crippen LogP contribution is -2.47. The third-order valence-electron chi connectivity index (χ3n) is 3.87. The standard InChI is InChI=1S/C12H21NO2S/c1-2-3-9-4-6-12(7-5-9)13-10(8-16-12)11(14)15/h9-10,13H,2-8H2,1H3,(H,14,15)/t9?,10-,12?/m0/s1. The lowest BCUT2D eigenvalue weighted by molar-refractivity contribution is -0.139. The van der Waals surface area contributed by atoms with Crippen LogP contribution < -0.4 is 5.32 Å². The molecular weight excluding hydrogens is 222 g/mol. The number of thioether (sulfide) groups is 1. The van der Waals surface area contributed by atoms with Crippen molar-refractivity contribution in [1.29, 1.82) is 0 Å². The van der Waals surface area contributed by atoms with Crippen molar-refractivity contribution in [2.24, 2.45) is 5.92 Å². The van der Waals surface area contributed by atoms with Gasteiger partial charge in [0.2, 0.25) is 0 Å². The normalized spacial score (nSPS) is 39.1. The Balaban J connectivity index is 1.86. The van der Waals surface area contributed by atoms with E-state index in [2.05, 4.69) is 12.2 Å². The molecule has 0 aromatic heterocycles. The molecule has 16 heavy (non-hydrogen) atoms. The van der Waals surface area contributed by atoms with Crippen LogP contribution in [0.25, 0.3) is 0 Å². The van der Waals surface area contributed by atoms with Crippen LogP contribution in [0.4, 0.5) is 0 Å². The fourth-order valence-electron chi connectivity index (χ4n) is 2.91. The number of hydrogen-bond acceptors (Lipinski definition) is 3. The van der Waals surface area contributed by atoms with Crippen LogP contribution in [-0.2, 0) is 4.79 Å². The number of nitrogens with one attached hydrogen (secondary N) is 1. The van der Waals surface area contributed by atoms with Crippen molar-refractivity contribution in [3.8, 4) is 0 Å². The fraction of sp³-hybridized carbons (Fsp3) is 0.917. The molecule has 0 bridgehead atoms. The molecule has 0 aromatic carbocycles. The first kappa shape index (κ1) is 12.2. The molecule has 1 saturated heterocycles. The fourth-order valence-corrected chi connectivity index (χ4v) is 4.37. The van der Waals surface area contributed by atoms with Crippen molar-refractivity contribution in [3.05, 3.63) is 0 Å². The van der Waals surface area contributed by atoms with Crippen molar-refractivity contribution in [1.82, 2.24) is 5.32 Å². The van der Waals surface area contributed by atoms with Gasteiger partial charge in [0.05, 0.1) is 4.87 Å². The number of carbonyl (C=O) groups is 1. The lowest BCUT2D eigenvalue weighted by Gasteiger charge is -2.37. The third kappa shape index (κ3) is 2.54.